The highest BCUT2D eigenvalue weighted by Gasteiger charge is 2.20. The lowest BCUT2D eigenvalue weighted by molar-refractivity contribution is 0.0646. The van der Waals surface area contributed by atoms with Crippen molar-refractivity contribution < 1.29 is 14.3 Å². The Morgan fingerprint density at radius 3 is 2.26 bits per heavy atom. The first-order valence-electron chi connectivity index (χ1n) is 7.17. The number of carbonyl (C=O) groups excluding carboxylic acids is 1. The Bertz CT molecular complexity index is 644. The molecule has 6 heteroatoms. The fraction of sp³-hybridized carbons (Fsp3) is 0.235. The molecule has 0 aliphatic rings. The molecule has 0 aromatic heterocycles. The minimum Gasteiger partial charge on any atom is -0.410 e. The second kappa shape index (κ2) is 8.09. The summed E-state index contributed by atoms with van der Waals surface area (Å²) in [4.78, 5) is 13.9. The van der Waals surface area contributed by atoms with Crippen LogP contribution in [0, 0.1) is 0 Å². The summed E-state index contributed by atoms with van der Waals surface area (Å²) in [5.41, 5.74) is 0.950. The number of hydrogen-bond acceptors (Lipinski definition) is 4. The summed E-state index contributed by atoms with van der Waals surface area (Å²) >= 11 is 11.9. The molecular weight excluding hydrogens is 337 g/mol. The van der Waals surface area contributed by atoms with Crippen molar-refractivity contribution in [2.45, 2.75) is 20.1 Å². The Morgan fingerprint density at radius 2 is 1.70 bits per heavy atom. The normalized spacial score (nSPS) is 11.7. The molecule has 1 atom stereocenters. The van der Waals surface area contributed by atoms with E-state index in [1.165, 1.54) is 0 Å². The maximum Gasteiger partial charge on any atom is 0.515 e. The van der Waals surface area contributed by atoms with Gasteiger partial charge in [-0.3, -0.25) is 0 Å². The van der Waals surface area contributed by atoms with Gasteiger partial charge in [-0.1, -0.05) is 47.5 Å². The van der Waals surface area contributed by atoms with E-state index in [1.54, 1.807) is 25.1 Å². The number of para-hydroxylation sites is 2. The van der Waals surface area contributed by atoms with Crippen LogP contribution in [0.25, 0.3) is 0 Å². The first-order valence-corrected chi connectivity index (χ1v) is 7.92. The lowest BCUT2D eigenvalue weighted by Crippen LogP contribution is -2.37. The molecule has 1 unspecified atom stereocenters. The molecule has 122 valence electrons. The van der Waals surface area contributed by atoms with Crippen LogP contribution >= 0.6 is 23.2 Å². The number of carbonyl (C=O) groups is 1. The van der Waals surface area contributed by atoms with Gasteiger partial charge in [-0.2, -0.15) is 0 Å². The molecule has 0 heterocycles. The standard InChI is InChI=1S/C17H17Cl2NO3/c1-3-20(13-8-5-4-6-9-13)12(2)22-17(21)23-16-14(18)10-7-11-15(16)19/h4-12H,3H2,1-2H3. The lowest BCUT2D eigenvalue weighted by Gasteiger charge is -2.29. The Morgan fingerprint density at radius 1 is 1.09 bits per heavy atom. The number of anilines is 1. The highest BCUT2D eigenvalue weighted by molar-refractivity contribution is 6.37. The summed E-state index contributed by atoms with van der Waals surface area (Å²) in [7, 11) is 0. The fourth-order valence-electron chi connectivity index (χ4n) is 2.16. The molecule has 2 aromatic carbocycles. The van der Waals surface area contributed by atoms with Gasteiger partial charge in [0, 0.05) is 12.2 Å². The van der Waals surface area contributed by atoms with E-state index in [1.807, 2.05) is 42.2 Å². The smallest absolute Gasteiger partial charge is 0.410 e. The average molecular weight is 354 g/mol. The maximum absolute atomic E-state index is 12.0. The number of nitrogens with zero attached hydrogens (tertiary/aromatic N) is 1. The second-order valence-electron chi connectivity index (χ2n) is 4.74. The topological polar surface area (TPSA) is 38.8 Å². The Kier molecular flexibility index (Phi) is 6.13. The van der Waals surface area contributed by atoms with Crippen LogP contribution in [0.3, 0.4) is 0 Å². The van der Waals surface area contributed by atoms with E-state index in [0.29, 0.717) is 6.54 Å². The van der Waals surface area contributed by atoms with E-state index in [2.05, 4.69) is 0 Å². The molecule has 0 spiro atoms. The van der Waals surface area contributed by atoms with E-state index in [0.717, 1.165) is 5.69 Å². The molecule has 2 aromatic rings. The predicted octanol–water partition coefficient (Wildman–Crippen LogP) is 5.38. The molecule has 0 N–H and O–H groups in total. The highest BCUT2D eigenvalue weighted by atomic mass is 35.5. The van der Waals surface area contributed by atoms with Gasteiger partial charge < -0.3 is 14.4 Å². The van der Waals surface area contributed by atoms with Gasteiger partial charge in [-0.15, -0.1) is 0 Å². The zero-order valence-electron chi connectivity index (χ0n) is 12.8. The number of benzene rings is 2. The summed E-state index contributed by atoms with van der Waals surface area (Å²) < 4.78 is 10.4. The van der Waals surface area contributed by atoms with Crippen LogP contribution in [-0.2, 0) is 4.74 Å². The van der Waals surface area contributed by atoms with E-state index >= 15 is 0 Å². The van der Waals surface area contributed by atoms with Crippen LogP contribution in [0.4, 0.5) is 10.5 Å². The van der Waals surface area contributed by atoms with Crippen molar-refractivity contribution in [1.82, 2.24) is 0 Å². The zero-order valence-corrected chi connectivity index (χ0v) is 14.3. The molecule has 0 bridgehead atoms. The quantitative estimate of drug-likeness (QED) is 0.410. The molecular formula is C17H17Cl2NO3. The first kappa shape index (κ1) is 17.4. The monoisotopic (exact) mass is 353 g/mol. The van der Waals surface area contributed by atoms with E-state index in [4.69, 9.17) is 32.7 Å². The molecule has 0 amide bonds. The van der Waals surface area contributed by atoms with Gasteiger partial charge in [0.1, 0.15) is 0 Å². The van der Waals surface area contributed by atoms with Gasteiger partial charge in [0.05, 0.1) is 10.0 Å². The number of rotatable bonds is 5. The van der Waals surface area contributed by atoms with Crippen LogP contribution < -0.4 is 9.64 Å². The van der Waals surface area contributed by atoms with Crippen molar-refractivity contribution in [3.05, 3.63) is 58.6 Å². The molecule has 2 rings (SSSR count). The van der Waals surface area contributed by atoms with Crippen molar-refractivity contribution in [2.24, 2.45) is 0 Å². The van der Waals surface area contributed by atoms with Gasteiger partial charge in [-0.25, -0.2) is 4.79 Å². The third-order valence-corrected chi connectivity index (χ3v) is 3.83. The summed E-state index contributed by atoms with van der Waals surface area (Å²) in [6, 6.07) is 14.5. The third-order valence-electron chi connectivity index (χ3n) is 3.24. The summed E-state index contributed by atoms with van der Waals surface area (Å²) in [6.45, 7) is 4.42. The fourth-order valence-corrected chi connectivity index (χ4v) is 2.63. The minimum atomic E-state index is -0.859. The summed E-state index contributed by atoms with van der Waals surface area (Å²) in [5.74, 6) is 0.0933. The predicted molar refractivity (Wildman–Crippen MR) is 92.5 cm³/mol. The van der Waals surface area contributed by atoms with Gasteiger partial charge in [-0.05, 0) is 38.1 Å². The number of ether oxygens (including phenoxy) is 2. The van der Waals surface area contributed by atoms with E-state index < -0.39 is 12.4 Å². The molecule has 4 nitrogen and oxygen atoms in total. The van der Waals surface area contributed by atoms with Gasteiger partial charge >= 0.3 is 6.16 Å². The van der Waals surface area contributed by atoms with Gasteiger partial charge in [0.2, 0.25) is 0 Å². The van der Waals surface area contributed by atoms with E-state index in [-0.39, 0.29) is 15.8 Å². The molecule has 0 radical (unpaired) electrons. The first-order chi connectivity index (χ1) is 11.0. The number of hydrogen-bond donors (Lipinski definition) is 0. The molecule has 0 aliphatic heterocycles. The Balaban J connectivity index is 2.04. The van der Waals surface area contributed by atoms with Gasteiger partial charge in [0.15, 0.2) is 12.0 Å². The molecule has 0 aliphatic carbocycles. The molecule has 0 fully saturated rings. The minimum absolute atomic E-state index is 0.0933. The van der Waals surface area contributed by atoms with Crippen LogP contribution in [-0.4, -0.2) is 18.9 Å². The van der Waals surface area contributed by atoms with Crippen molar-refractivity contribution in [3.63, 3.8) is 0 Å². The molecule has 0 saturated carbocycles. The Labute approximate surface area is 145 Å². The maximum atomic E-state index is 12.0. The van der Waals surface area contributed by atoms with Crippen molar-refractivity contribution in [1.29, 1.82) is 0 Å². The third kappa shape index (κ3) is 4.53. The van der Waals surface area contributed by atoms with Crippen molar-refractivity contribution >= 4 is 35.0 Å². The van der Waals surface area contributed by atoms with Crippen LogP contribution in [0.5, 0.6) is 5.75 Å². The van der Waals surface area contributed by atoms with Crippen LogP contribution in [0.2, 0.25) is 10.0 Å². The lowest BCUT2D eigenvalue weighted by atomic mass is 10.3. The van der Waals surface area contributed by atoms with Crippen LogP contribution in [0.15, 0.2) is 48.5 Å². The summed E-state index contributed by atoms with van der Waals surface area (Å²) in [5, 5.41) is 0.495. The second-order valence-corrected chi connectivity index (χ2v) is 5.56. The molecule has 0 saturated heterocycles. The van der Waals surface area contributed by atoms with Crippen LogP contribution in [0.1, 0.15) is 13.8 Å². The molecule has 23 heavy (non-hydrogen) atoms. The van der Waals surface area contributed by atoms with Crippen molar-refractivity contribution in [2.75, 3.05) is 11.4 Å². The SMILES string of the molecule is CCN(c1ccccc1)C(C)OC(=O)Oc1c(Cl)cccc1Cl. The average Bonchev–Trinajstić information content (AvgIpc) is 2.53. The Hall–Kier alpha value is -1.91. The van der Waals surface area contributed by atoms with Crippen molar-refractivity contribution in [3.8, 4) is 5.75 Å². The highest BCUT2D eigenvalue weighted by Crippen LogP contribution is 2.32. The van der Waals surface area contributed by atoms with Gasteiger partial charge in [0.25, 0.3) is 0 Å². The number of halogens is 2. The zero-order chi connectivity index (χ0) is 16.8. The summed E-state index contributed by atoms with van der Waals surface area (Å²) in [6.07, 6.45) is -1.36. The largest absolute Gasteiger partial charge is 0.515 e. The van der Waals surface area contributed by atoms with E-state index in [9.17, 15) is 4.79 Å².